The van der Waals surface area contributed by atoms with Crippen LogP contribution in [0.2, 0.25) is 0 Å². The Hall–Kier alpha value is -3.84. The summed E-state index contributed by atoms with van der Waals surface area (Å²) in [6.07, 6.45) is -0.0411. The number of benzene rings is 3. The van der Waals surface area contributed by atoms with Crippen molar-refractivity contribution in [2.24, 2.45) is 0 Å². The van der Waals surface area contributed by atoms with Gasteiger partial charge < -0.3 is 23.7 Å². The van der Waals surface area contributed by atoms with Crippen molar-refractivity contribution in [1.82, 2.24) is 0 Å². The highest BCUT2D eigenvalue weighted by Gasteiger charge is 2.16. The molecule has 3 rings (SSSR count). The van der Waals surface area contributed by atoms with E-state index in [4.69, 9.17) is 23.7 Å². The summed E-state index contributed by atoms with van der Waals surface area (Å²) in [5.41, 5.74) is 1.33. The summed E-state index contributed by atoms with van der Waals surface area (Å²) in [7, 11) is 3.11. The molecule has 7 heteroatoms. The molecule has 3 aromatic rings. The molecule has 0 saturated heterocycles. The van der Waals surface area contributed by atoms with Gasteiger partial charge in [-0.1, -0.05) is 0 Å². The molecule has 0 aromatic heterocycles. The van der Waals surface area contributed by atoms with Crippen molar-refractivity contribution >= 4 is 11.9 Å². The number of carbonyl (C=O) groups excluding carboxylic acids is 2. The van der Waals surface area contributed by atoms with Crippen LogP contribution in [0.3, 0.4) is 0 Å². The average molecular weight is 450 g/mol. The lowest BCUT2D eigenvalue weighted by Gasteiger charge is -2.14. The molecule has 0 aliphatic heterocycles. The molecule has 0 N–H and O–H groups in total. The third-order valence-corrected chi connectivity index (χ3v) is 4.67. The molecule has 0 aliphatic carbocycles. The molecular formula is C26H26O7. The predicted molar refractivity (Wildman–Crippen MR) is 122 cm³/mol. The second kappa shape index (κ2) is 11.2. The minimum atomic E-state index is -0.522. The van der Waals surface area contributed by atoms with Gasteiger partial charge in [0.25, 0.3) is 0 Å². The van der Waals surface area contributed by atoms with Crippen molar-refractivity contribution in [3.8, 4) is 23.0 Å². The normalized spacial score (nSPS) is 10.6. The summed E-state index contributed by atoms with van der Waals surface area (Å²) in [5.74, 6) is 0.870. The van der Waals surface area contributed by atoms with Crippen LogP contribution in [0.5, 0.6) is 23.0 Å². The van der Waals surface area contributed by atoms with E-state index in [-0.39, 0.29) is 12.7 Å². The van der Waals surface area contributed by atoms with Crippen LogP contribution in [0.25, 0.3) is 0 Å². The third kappa shape index (κ3) is 6.57. The maximum absolute atomic E-state index is 12.6. The Kier molecular flexibility index (Phi) is 8.05. The van der Waals surface area contributed by atoms with E-state index in [1.807, 2.05) is 13.8 Å². The van der Waals surface area contributed by atoms with Crippen LogP contribution in [0.15, 0.2) is 66.7 Å². The molecule has 33 heavy (non-hydrogen) atoms. The molecular weight excluding hydrogens is 424 g/mol. The molecule has 0 fully saturated rings. The van der Waals surface area contributed by atoms with Gasteiger partial charge in [0, 0.05) is 5.56 Å². The van der Waals surface area contributed by atoms with Crippen LogP contribution in [0, 0.1) is 0 Å². The zero-order chi connectivity index (χ0) is 23.8. The highest BCUT2D eigenvalue weighted by atomic mass is 16.5. The molecule has 0 saturated carbocycles. The topological polar surface area (TPSA) is 80.3 Å². The number of hydrogen-bond acceptors (Lipinski definition) is 7. The van der Waals surface area contributed by atoms with Crippen molar-refractivity contribution < 1.29 is 33.3 Å². The van der Waals surface area contributed by atoms with E-state index < -0.39 is 11.9 Å². The summed E-state index contributed by atoms with van der Waals surface area (Å²) in [4.78, 5) is 25.1. The predicted octanol–water partition coefficient (Wildman–Crippen LogP) is 5.07. The Bertz CT molecular complexity index is 1090. The summed E-state index contributed by atoms with van der Waals surface area (Å²) < 4.78 is 27.0. The van der Waals surface area contributed by atoms with Gasteiger partial charge in [0.1, 0.15) is 23.0 Å². The van der Waals surface area contributed by atoms with Crippen molar-refractivity contribution in [1.29, 1.82) is 0 Å². The quantitative estimate of drug-likeness (QED) is 0.333. The maximum atomic E-state index is 12.6. The van der Waals surface area contributed by atoms with E-state index in [0.29, 0.717) is 39.7 Å². The summed E-state index contributed by atoms with van der Waals surface area (Å²) in [6.45, 7) is 3.98. The van der Waals surface area contributed by atoms with Crippen LogP contribution in [0.1, 0.15) is 40.1 Å². The second-order valence-electron chi connectivity index (χ2n) is 7.37. The molecule has 0 aliphatic rings. The van der Waals surface area contributed by atoms with Crippen LogP contribution >= 0.6 is 0 Å². The molecule has 7 nitrogen and oxygen atoms in total. The van der Waals surface area contributed by atoms with Crippen LogP contribution in [-0.2, 0) is 11.3 Å². The molecule has 0 spiro atoms. The molecule has 0 bridgehead atoms. The minimum absolute atomic E-state index is 0.0411. The Morgan fingerprint density at radius 3 is 1.67 bits per heavy atom. The smallest absolute Gasteiger partial charge is 0.343 e. The van der Waals surface area contributed by atoms with Crippen molar-refractivity contribution in [2.75, 3.05) is 14.2 Å². The van der Waals surface area contributed by atoms with Crippen LogP contribution < -0.4 is 18.9 Å². The summed E-state index contributed by atoms with van der Waals surface area (Å²) in [5, 5.41) is 0. The number of ether oxygens (including phenoxy) is 5. The number of carbonyl (C=O) groups is 2. The first-order valence-electron chi connectivity index (χ1n) is 10.4. The van der Waals surface area contributed by atoms with Gasteiger partial charge in [0.15, 0.2) is 0 Å². The standard InChI is InChI=1S/C26H26O7/c1-17(2)31-16-20-15-23(32-25(27)18-5-9-21(29-3)10-6-18)13-14-24(20)33-26(28)19-7-11-22(30-4)12-8-19/h5-15,17H,16H2,1-4H3. The Balaban J connectivity index is 1.78. The van der Waals surface area contributed by atoms with Gasteiger partial charge in [-0.2, -0.15) is 0 Å². The van der Waals surface area contributed by atoms with E-state index in [9.17, 15) is 9.59 Å². The summed E-state index contributed by atoms with van der Waals surface area (Å²) >= 11 is 0. The van der Waals surface area contributed by atoms with Crippen molar-refractivity contribution in [2.45, 2.75) is 26.6 Å². The van der Waals surface area contributed by atoms with E-state index in [1.54, 1.807) is 80.9 Å². The maximum Gasteiger partial charge on any atom is 0.343 e. The van der Waals surface area contributed by atoms with Gasteiger partial charge >= 0.3 is 11.9 Å². The lowest BCUT2D eigenvalue weighted by molar-refractivity contribution is 0.0609. The van der Waals surface area contributed by atoms with E-state index in [2.05, 4.69) is 0 Å². The molecule has 0 amide bonds. The zero-order valence-electron chi connectivity index (χ0n) is 19.0. The minimum Gasteiger partial charge on any atom is -0.497 e. The van der Waals surface area contributed by atoms with Gasteiger partial charge in [0.05, 0.1) is 38.1 Å². The fraction of sp³-hybridized carbons (Fsp3) is 0.231. The van der Waals surface area contributed by atoms with Gasteiger partial charge in [-0.3, -0.25) is 0 Å². The highest BCUT2D eigenvalue weighted by molar-refractivity contribution is 5.92. The van der Waals surface area contributed by atoms with Gasteiger partial charge in [-0.15, -0.1) is 0 Å². The van der Waals surface area contributed by atoms with E-state index in [0.717, 1.165) is 0 Å². The first-order chi connectivity index (χ1) is 15.9. The van der Waals surface area contributed by atoms with E-state index >= 15 is 0 Å². The fourth-order valence-electron chi connectivity index (χ4n) is 2.87. The number of rotatable bonds is 9. The van der Waals surface area contributed by atoms with Crippen LogP contribution in [0.4, 0.5) is 0 Å². The number of hydrogen-bond donors (Lipinski definition) is 0. The highest BCUT2D eigenvalue weighted by Crippen LogP contribution is 2.27. The molecule has 0 atom stereocenters. The summed E-state index contributed by atoms with van der Waals surface area (Å²) in [6, 6.07) is 18.0. The van der Waals surface area contributed by atoms with Crippen LogP contribution in [-0.4, -0.2) is 32.3 Å². The molecule has 0 unspecified atom stereocenters. The lowest BCUT2D eigenvalue weighted by Crippen LogP contribution is -2.12. The SMILES string of the molecule is COc1ccc(C(=O)Oc2ccc(OC(=O)c3ccc(OC)cc3)c(COC(C)C)c2)cc1. The Morgan fingerprint density at radius 1 is 0.697 bits per heavy atom. The first-order valence-corrected chi connectivity index (χ1v) is 10.4. The van der Waals surface area contributed by atoms with E-state index in [1.165, 1.54) is 0 Å². The van der Waals surface area contributed by atoms with Gasteiger partial charge in [-0.05, 0) is 80.6 Å². The van der Waals surface area contributed by atoms with Crippen molar-refractivity contribution in [3.63, 3.8) is 0 Å². The largest absolute Gasteiger partial charge is 0.497 e. The number of esters is 2. The van der Waals surface area contributed by atoms with Gasteiger partial charge in [0.2, 0.25) is 0 Å². The monoisotopic (exact) mass is 450 g/mol. The average Bonchev–Trinajstić information content (AvgIpc) is 2.84. The molecule has 0 radical (unpaired) electrons. The fourth-order valence-corrected chi connectivity index (χ4v) is 2.87. The zero-order valence-corrected chi connectivity index (χ0v) is 19.0. The third-order valence-electron chi connectivity index (χ3n) is 4.67. The van der Waals surface area contributed by atoms with Gasteiger partial charge in [-0.25, -0.2) is 9.59 Å². The Labute approximate surface area is 192 Å². The first kappa shape index (κ1) is 23.8. The number of methoxy groups -OCH3 is 2. The molecule has 3 aromatic carbocycles. The van der Waals surface area contributed by atoms with Crippen molar-refractivity contribution in [3.05, 3.63) is 83.4 Å². The lowest BCUT2D eigenvalue weighted by atomic mass is 10.2. The molecule has 0 heterocycles. The molecule has 172 valence electrons. The Morgan fingerprint density at radius 2 is 1.18 bits per heavy atom. The second-order valence-corrected chi connectivity index (χ2v) is 7.37.